The van der Waals surface area contributed by atoms with Crippen molar-refractivity contribution in [1.29, 1.82) is 0 Å². The molecular weight excluding hydrogens is 983 g/mol. The maximum Gasteiger partial charge on any atom is 0.253 e. The second-order valence-electron chi connectivity index (χ2n) is 21.0. The Bertz CT molecular complexity index is 2850. The Hall–Kier alpha value is -6.37. The number of carbonyl (C=O) groups excluding carboxylic acids is 3. The van der Waals surface area contributed by atoms with E-state index < -0.39 is 29.5 Å². The second-order valence-corrected chi connectivity index (χ2v) is 21.9. The number of aryl methyl sites for hydroxylation is 3. The summed E-state index contributed by atoms with van der Waals surface area (Å²) in [5.41, 5.74) is 11.1. The van der Waals surface area contributed by atoms with Gasteiger partial charge < -0.3 is 54.8 Å². The van der Waals surface area contributed by atoms with Crippen molar-refractivity contribution in [2.24, 2.45) is 5.41 Å². The number of amides is 3. The third kappa shape index (κ3) is 14.6. The first kappa shape index (κ1) is 57.3. The number of carbonyl (C=O) groups is 3. The summed E-state index contributed by atoms with van der Waals surface area (Å²) in [7, 11) is 0. The van der Waals surface area contributed by atoms with Crippen molar-refractivity contribution in [2.75, 3.05) is 64.2 Å². The number of hydrogen-bond donors (Lipinski definition) is 5. The third-order valence-corrected chi connectivity index (χ3v) is 15.3. The van der Waals surface area contributed by atoms with Gasteiger partial charge >= 0.3 is 0 Å². The highest BCUT2D eigenvalue weighted by Crippen LogP contribution is 2.35. The molecule has 76 heavy (non-hydrogen) atoms. The van der Waals surface area contributed by atoms with E-state index in [1.54, 1.807) is 16.2 Å². The number of ether oxygens (including phenoxy) is 4. The fourth-order valence-corrected chi connectivity index (χ4v) is 10.9. The fourth-order valence-electron chi connectivity index (χ4n) is 10.1. The number of rotatable bonds is 23. The van der Waals surface area contributed by atoms with Crippen LogP contribution in [0, 0.1) is 33.1 Å². The molecular formula is C59H77N7O9S. The molecule has 7 rings (SSSR count). The zero-order chi connectivity index (χ0) is 54.7. The zero-order valence-electron chi connectivity index (χ0n) is 45.7. The van der Waals surface area contributed by atoms with Crippen LogP contribution in [-0.2, 0) is 30.3 Å². The van der Waals surface area contributed by atoms with Crippen molar-refractivity contribution in [3.63, 3.8) is 0 Å². The molecule has 0 spiro atoms. The van der Waals surface area contributed by atoms with Crippen LogP contribution in [0.4, 0.5) is 5.69 Å². The van der Waals surface area contributed by atoms with Gasteiger partial charge in [-0.25, -0.2) is 4.98 Å². The lowest BCUT2D eigenvalue weighted by atomic mass is 9.85. The van der Waals surface area contributed by atoms with Crippen molar-refractivity contribution in [1.82, 2.24) is 30.8 Å². The van der Waals surface area contributed by atoms with Gasteiger partial charge in [0.05, 0.1) is 48.0 Å². The Labute approximate surface area is 451 Å². The molecule has 2 saturated heterocycles. The molecule has 0 bridgehead atoms. The highest BCUT2D eigenvalue weighted by molar-refractivity contribution is 7.13. The van der Waals surface area contributed by atoms with E-state index >= 15 is 0 Å². The number of hydrogen-bond acceptors (Lipinski definition) is 13. The normalized spacial score (nSPS) is 16.7. The quantitative estimate of drug-likeness (QED) is 0.0395. The maximum absolute atomic E-state index is 14.2. The fraction of sp³-hybridized carbons (Fsp3) is 0.475. The number of benzene rings is 3. The van der Waals surface area contributed by atoms with Crippen LogP contribution in [0.15, 0.2) is 89.3 Å². The molecule has 0 unspecified atom stereocenters. The monoisotopic (exact) mass is 1060 g/mol. The minimum atomic E-state index is -0.882. The van der Waals surface area contributed by atoms with Crippen LogP contribution in [0.25, 0.3) is 21.6 Å². The summed E-state index contributed by atoms with van der Waals surface area (Å²) in [4.78, 5) is 66.5. The smallest absolute Gasteiger partial charge is 0.253 e. The van der Waals surface area contributed by atoms with E-state index in [-0.39, 0.29) is 75.6 Å². The Balaban J connectivity index is 0.874. The summed E-state index contributed by atoms with van der Waals surface area (Å²) in [5.74, 6) is -0.339. The number of aromatic amines is 1. The van der Waals surface area contributed by atoms with E-state index in [2.05, 4.69) is 74.7 Å². The predicted octanol–water partition coefficient (Wildman–Crippen LogP) is 8.10. The highest BCUT2D eigenvalue weighted by atomic mass is 32.1. The number of likely N-dealkylation sites (tertiary alicyclic amines) is 1. The molecule has 5 aromatic rings. The van der Waals surface area contributed by atoms with Gasteiger partial charge in [-0.1, -0.05) is 63.7 Å². The molecule has 2 aliphatic heterocycles. The van der Waals surface area contributed by atoms with E-state index in [1.165, 1.54) is 0 Å². The van der Waals surface area contributed by atoms with Crippen LogP contribution in [0.1, 0.15) is 104 Å². The van der Waals surface area contributed by atoms with Gasteiger partial charge in [-0.3, -0.25) is 19.2 Å². The Morgan fingerprint density at radius 2 is 1.62 bits per heavy atom. The van der Waals surface area contributed by atoms with E-state index in [9.17, 15) is 24.3 Å². The highest BCUT2D eigenvalue weighted by Gasteiger charge is 2.43. The number of thiazole rings is 1. The number of pyridine rings is 1. The Morgan fingerprint density at radius 1 is 0.934 bits per heavy atom. The lowest BCUT2D eigenvalue weighted by Gasteiger charge is -2.37. The molecule has 0 aliphatic carbocycles. The molecule has 16 nitrogen and oxygen atoms in total. The summed E-state index contributed by atoms with van der Waals surface area (Å²) in [5, 5.41) is 20.2. The first-order valence-corrected chi connectivity index (χ1v) is 27.3. The summed E-state index contributed by atoms with van der Waals surface area (Å²) in [6.07, 6.45) is 1.38. The van der Waals surface area contributed by atoms with E-state index in [4.69, 9.17) is 18.9 Å². The van der Waals surface area contributed by atoms with Gasteiger partial charge in [0.1, 0.15) is 25.0 Å². The van der Waals surface area contributed by atoms with Crippen molar-refractivity contribution in [3.8, 4) is 27.3 Å². The molecule has 0 saturated carbocycles. The largest absolute Gasteiger partial charge is 0.491 e. The Kier molecular flexibility index (Phi) is 19.7. The number of aromatic nitrogens is 2. The third-order valence-electron chi connectivity index (χ3n) is 14.3. The molecule has 2 aromatic heterocycles. The average Bonchev–Trinajstić information content (AvgIpc) is 4.03. The van der Waals surface area contributed by atoms with Gasteiger partial charge in [0.15, 0.2) is 0 Å². The molecule has 408 valence electrons. The number of aliphatic hydroxyl groups is 1. The predicted molar refractivity (Wildman–Crippen MR) is 299 cm³/mol. The van der Waals surface area contributed by atoms with Gasteiger partial charge in [0, 0.05) is 79.6 Å². The molecule has 2 aliphatic rings. The lowest BCUT2D eigenvalue weighted by molar-refractivity contribution is -0.141. The topological polar surface area (TPSA) is 197 Å². The van der Waals surface area contributed by atoms with Crippen molar-refractivity contribution < 1.29 is 38.4 Å². The second kappa shape index (κ2) is 26.1. The van der Waals surface area contributed by atoms with Crippen molar-refractivity contribution in [3.05, 3.63) is 134 Å². The van der Waals surface area contributed by atoms with E-state index in [0.717, 1.165) is 74.7 Å². The van der Waals surface area contributed by atoms with Crippen molar-refractivity contribution in [2.45, 2.75) is 118 Å². The molecule has 17 heteroatoms. The number of nitrogens with zero attached hydrogens (tertiary/aromatic N) is 3. The van der Waals surface area contributed by atoms with Gasteiger partial charge in [-0.2, -0.15) is 0 Å². The van der Waals surface area contributed by atoms with Crippen LogP contribution in [-0.4, -0.2) is 121 Å². The maximum atomic E-state index is 14.2. The standard InChI is InChI=1S/C59H77N7O9S/c1-11-65(46-20-22-72-23-21-46)51-30-45(29-49(38(51)4)56(69)60-32-50-36(2)28-37(3)62-57(50)70)43-16-18-48(19-17-43)75-27-26-73-24-25-74-34-53(68)64-55(59(8,9)10)58(71)66-33-47(67)31-52(66)40(6)63-39(5)42-12-14-44(15-13-42)54-41(7)61-35-76-54/h12-19,28-30,35,39,46-47,52,55,63,67H,6,11,20-27,31-34H2,1-5,7-10H3,(H,60,69)(H,62,70)(H,64,68)/t39-,47-,52+,55+/m0/s1. The van der Waals surface area contributed by atoms with Crippen LogP contribution in [0.5, 0.6) is 5.75 Å². The molecule has 4 heterocycles. The van der Waals surface area contributed by atoms with Gasteiger partial charge in [0.25, 0.3) is 11.5 Å². The summed E-state index contributed by atoms with van der Waals surface area (Å²) in [6, 6.07) is 20.8. The average molecular weight is 1060 g/mol. The van der Waals surface area contributed by atoms with Crippen LogP contribution in [0.2, 0.25) is 0 Å². The van der Waals surface area contributed by atoms with E-state index in [1.807, 2.05) is 97.3 Å². The van der Waals surface area contributed by atoms with E-state index in [0.29, 0.717) is 42.2 Å². The molecule has 2 fully saturated rings. The van der Waals surface area contributed by atoms with Crippen molar-refractivity contribution >= 4 is 34.7 Å². The first-order valence-electron chi connectivity index (χ1n) is 26.4. The number of nitrogens with one attached hydrogen (secondary N) is 4. The summed E-state index contributed by atoms with van der Waals surface area (Å²) < 4.78 is 23.1. The van der Waals surface area contributed by atoms with Crippen LogP contribution < -0.4 is 31.1 Å². The SMILES string of the molecule is C=C(N[C@@H](C)c1ccc(-c2scnc2C)cc1)[C@H]1C[C@H](O)CN1C(=O)[C@@H](NC(=O)COCCOCCOc1ccc(-c2cc(C(=O)NCc3c(C)cc(C)[nH]c3=O)c(C)c(N(CC)C3CCOCC3)c2)cc1)C(C)(C)C. The number of H-pyrrole nitrogens is 1. The van der Waals surface area contributed by atoms with Gasteiger partial charge in [0.2, 0.25) is 11.8 Å². The minimum Gasteiger partial charge on any atom is -0.491 e. The Morgan fingerprint density at radius 3 is 2.28 bits per heavy atom. The number of anilines is 1. The molecule has 5 N–H and O–H groups in total. The minimum absolute atomic E-state index is 0.106. The summed E-state index contributed by atoms with van der Waals surface area (Å²) >= 11 is 1.61. The number of aliphatic hydroxyl groups excluding tert-OH is 1. The van der Waals surface area contributed by atoms with Crippen LogP contribution >= 0.6 is 11.3 Å². The van der Waals surface area contributed by atoms with Crippen LogP contribution in [0.3, 0.4) is 0 Å². The summed E-state index contributed by atoms with van der Waals surface area (Å²) in [6.45, 7) is 24.9. The molecule has 3 aromatic carbocycles. The molecule has 0 radical (unpaired) electrons. The molecule has 3 amide bonds. The lowest BCUT2D eigenvalue weighted by Crippen LogP contribution is -2.57. The molecule has 4 atom stereocenters. The first-order chi connectivity index (χ1) is 36.3. The van der Waals surface area contributed by atoms with Gasteiger partial charge in [-0.05, 0) is 124 Å². The zero-order valence-corrected chi connectivity index (χ0v) is 46.5. The number of β-amino-alcohol motifs (C(OH)–C–C–N with tert-alkyl or cyclic N) is 1. The van der Waals surface area contributed by atoms with Gasteiger partial charge in [-0.15, -0.1) is 11.3 Å².